The van der Waals surface area contributed by atoms with E-state index in [2.05, 4.69) is 26.5 Å². The second kappa shape index (κ2) is 8.21. The summed E-state index contributed by atoms with van der Waals surface area (Å²) in [6, 6.07) is 11.4. The van der Waals surface area contributed by atoms with Gasteiger partial charge in [0.25, 0.3) is 11.8 Å². The van der Waals surface area contributed by atoms with Gasteiger partial charge in [0, 0.05) is 11.8 Å². The van der Waals surface area contributed by atoms with E-state index in [0.717, 1.165) is 19.4 Å². The van der Waals surface area contributed by atoms with E-state index in [0.29, 0.717) is 5.56 Å². The Morgan fingerprint density at radius 3 is 2.50 bits per heavy atom. The van der Waals surface area contributed by atoms with Crippen LogP contribution in [0.2, 0.25) is 0 Å². The van der Waals surface area contributed by atoms with Gasteiger partial charge in [-0.1, -0.05) is 18.2 Å². The third kappa shape index (κ3) is 4.22. The summed E-state index contributed by atoms with van der Waals surface area (Å²) in [7, 11) is 0. The number of hydrogen-bond acceptors (Lipinski definition) is 5. The summed E-state index contributed by atoms with van der Waals surface area (Å²) in [5, 5.41) is 5.81. The van der Waals surface area contributed by atoms with Crippen LogP contribution in [0.1, 0.15) is 33.7 Å². The number of pyridine rings is 1. The summed E-state index contributed by atoms with van der Waals surface area (Å²) in [6.07, 6.45) is 3.13. The number of hydrogen-bond donors (Lipinski definition) is 4. The Balaban J connectivity index is 1.64. The molecule has 4 N–H and O–H groups in total. The molecule has 2 heterocycles. The molecule has 0 saturated carbocycles. The van der Waals surface area contributed by atoms with Crippen LogP contribution in [0.25, 0.3) is 0 Å². The molecular weight excluding hydrogens is 334 g/mol. The van der Waals surface area contributed by atoms with Gasteiger partial charge < -0.3 is 10.6 Å². The zero-order chi connectivity index (χ0) is 18.4. The van der Waals surface area contributed by atoms with Gasteiger partial charge >= 0.3 is 0 Å². The molecular formula is C18H19N5O3. The third-order valence-corrected chi connectivity index (χ3v) is 3.98. The van der Waals surface area contributed by atoms with Crippen LogP contribution >= 0.6 is 0 Å². The van der Waals surface area contributed by atoms with Crippen molar-refractivity contribution in [2.45, 2.75) is 18.9 Å². The fraction of sp³-hybridized carbons (Fsp3) is 0.222. The van der Waals surface area contributed by atoms with Gasteiger partial charge in [0.1, 0.15) is 0 Å². The number of aromatic nitrogens is 1. The predicted octanol–water partition coefficient (Wildman–Crippen LogP) is 0.847. The van der Waals surface area contributed by atoms with Gasteiger partial charge in [-0.2, -0.15) is 0 Å². The van der Waals surface area contributed by atoms with Gasteiger partial charge in [0.2, 0.25) is 5.91 Å². The zero-order valence-corrected chi connectivity index (χ0v) is 14.0. The van der Waals surface area contributed by atoms with Crippen LogP contribution in [-0.4, -0.2) is 35.3 Å². The van der Waals surface area contributed by atoms with E-state index < -0.39 is 11.8 Å². The number of nitrogens with one attached hydrogen (secondary N) is 4. The van der Waals surface area contributed by atoms with Crippen LogP contribution in [0.15, 0.2) is 48.7 Å². The number of anilines is 1. The fourth-order valence-electron chi connectivity index (χ4n) is 2.65. The molecule has 0 aliphatic carbocycles. The van der Waals surface area contributed by atoms with Gasteiger partial charge in [0.05, 0.1) is 11.7 Å². The quantitative estimate of drug-likeness (QED) is 0.609. The molecule has 3 rings (SSSR count). The number of amides is 3. The molecule has 0 bridgehead atoms. The van der Waals surface area contributed by atoms with Crippen molar-refractivity contribution in [3.63, 3.8) is 0 Å². The highest BCUT2D eigenvalue weighted by molar-refractivity contribution is 6.04. The van der Waals surface area contributed by atoms with Crippen molar-refractivity contribution >= 4 is 23.4 Å². The molecule has 1 aliphatic rings. The van der Waals surface area contributed by atoms with Crippen LogP contribution < -0.4 is 21.5 Å². The molecule has 8 nitrogen and oxygen atoms in total. The van der Waals surface area contributed by atoms with Gasteiger partial charge in [0.15, 0.2) is 5.69 Å². The lowest BCUT2D eigenvalue weighted by Crippen LogP contribution is -2.42. The molecule has 1 aromatic carbocycles. The van der Waals surface area contributed by atoms with Crippen molar-refractivity contribution < 1.29 is 14.4 Å². The molecule has 1 unspecified atom stereocenters. The molecule has 0 spiro atoms. The third-order valence-electron chi connectivity index (χ3n) is 3.98. The molecule has 26 heavy (non-hydrogen) atoms. The lowest BCUT2D eigenvalue weighted by molar-refractivity contribution is -0.117. The van der Waals surface area contributed by atoms with Gasteiger partial charge in [-0.25, -0.2) is 4.98 Å². The Bertz CT molecular complexity index is 803. The number of hydrazine groups is 1. The first-order chi connectivity index (χ1) is 12.6. The molecule has 8 heteroatoms. The molecule has 2 aromatic rings. The van der Waals surface area contributed by atoms with Crippen LogP contribution in [-0.2, 0) is 4.79 Å². The standard InChI is InChI=1S/C18H19N5O3/c24-16(12-6-2-1-3-7-12)22-23-18(26)15-13(8-4-11-20-15)21-17(25)14-9-5-10-19-14/h1-4,6-8,11,14,19H,5,9-10H2,(H,21,25)(H,22,24)(H,23,26). The van der Waals surface area contributed by atoms with Crippen molar-refractivity contribution in [3.8, 4) is 0 Å². The fourth-order valence-corrected chi connectivity index (χ4v) is 2.65. The van der Waals surface area contributed by atoms with Crippen LogP contribution in [0.3, 0.4) is 0 Å². The normalized spacial score (nSPS) is 15.9. The lowest BCUT2D eigenvalue weighted by Gasteiger charge is -2.14. The van der Waals surface area contributed by atoms with Crippen molar-refractivity contribution in [1.29, 1.82) is 0 Å². The average molecular weight is 353 g/mol. The van der Waals surface area contributed by atoms with Gasteiger partial charge in [-0.05, 0) is 43.7 Å². The Kier molecular flexibility index (Phi) is 5.55. The topological polar surface area (TPSA) is 112 Å². The second-order valence-electron chi connectivity index (χ2n) is 5.81. The van der Waals surface area contributed by atoms with E-state index in [9.17, 15) is 14.4 Å². The van der Waals surface area contributed by atoms with E-state index in [1.165, 1.54) is 6.20 Å². The predicted molar refractivity (Wildman–Crippen MR) is 95.3 cm³/mol. The second-order valence-corrected chi connectivity index (χ2v) is 5.81. The van der Waals surface area contributed by atoms with E-state index >= 15 is 0 Å². The first kappa shape index (κ1) is 17.6. The van der Waals surface area contributed by atoms with Crippen molar-refractivity contribution in [3.05, 3.63) is 59.9 Å². The summed E-state index contributed by atoms with van der Waals surface area (Å²) in [5.41, 5.74) is 5.36. The highest BCUT2D eigenvalue weighted by atomic mass is 16.2. The Labute approximate surface area is 150 Å². The number of rotatable bonds is 4. The minimum absolute atomic E-state index is 0.0206. The molecule has 1 fully saturated rings. The lowest BCUT2D eigenvalue weighted by atomic mass is 10.2. The minimum atomic E-state index is -0.621. The van der Waals surface area contributed by atoms with Gasteiger partial charge in [-0.15, -0.1) is 0 Å². The Morgan fingerprint density at radius 2 is 1.77 bits per heavy atom. The maximum atomic E-state index is 12.3. The monoisotopic (exact) mass is 353 g/mol. The number of benzene rings is 1. The smallest absolute Gasteiger partial charge is 0.290 e. The van der Waals surface area contributed by atoms with E-state index in [4.69, 9.17) is 0 Å². The van der Waals surface area contributed by atoms with Crippen molar-refractivity contribution in [2.24, 2.45) is 0 Å². The first-order valence-corrected chi connectivity index (χ1v) is 8.30. The maximum Gasteiger partial charge on any atom is 0.290 e. The van der Waals surface area contributed by atoms with Crippen LogP contribution in [0.4, 0.5) is 5.69 Å². The summed E-state index contributed by atoms with van der Waals surface area (Å²) in [6.45, 7) is 0.796. The molecule has 1 aliphatic heterocycles. The molecule has 0 radical (unpaired) electrons. The van der Waals surface area contributed by atoms with Crippen molar-refractivity contribution in [2.75, 3.05) is 11.9 Å². The largest absolute Gasteiger partial charge is 0.323 e. The maximum absolute atomic E-state index is 12.3. The molecule has 1 saturated heterocycles. The SMILES string of the molecule is O=C(NNC(=O)c1ncccc1NC(=O)C1CCCN1)c1ccccc1. The summed E-state index contributed by atoms with van der Waals surface area (Å²) in [4.78, 5) is 40.6. The van der Waals surface area contributed by atoms with Crippen molar-refractivity contribution in [1.82, 2.24) is 21.2 Å². The van der Waals surface area contributed by atoms with E-state index in [-0.39, 0.29) is 23.3 Å². The first-order valence-electron chi connectivity index (χ1n) is 8.30. The molecule has 1 aromatic heterocycles. The molecule has 134 valence electrons. The van der Waals surface area contributed by atoms with Gasteiger partial charge in [-0.3, -0.25) is 25.2 Å². The zero-order valence-electron chi connectivity index (χ0n) is 14.0. The van der Waals surface area contributed by atoms with E-state index in [1.807, 2.05) is 0 Å². The van der Waals surface area contributed by atoms with E-state index in [1.54, 1.807) is 42.5 Å². The Hall–Kier alpha value is -3.26. The van der Waals surface area contributed by atoms with Crippen LogP contribution in [0.5, 0.6) is 0 Å². The number of carbonyl (C=O) groups is 3. The number of carbonyl (C=O) groups excluding carboxylic acids is 3. The summed E-state index contributed by atoms with van der Waals surface area (Å²) < 4.78 is 0. The summed E-state index contributed by atoms with van der Waals surface area (Å²) in [5.74, 6) is -1.28. The highest BCUT2D eigenvalue weighted by Gasteiger charge is 2.24. The van der Waals surface area contributed by atoms with Crippen LogP contribution in [0, 0.1) is 0 Å². The summed E-state index contributed by atoms with van der Waals surface area (Å²) >= 11 is 0. The molecule has 3 amide bonds. The minimum Gasteiger partial charge on any atom is -0.323 e. The molecule has 1 atom stereocenters. The Morgan fingerprint density at radius 1 is 1.00 bits per heavy atom. The average Bonchev–Trinajstić information content (AvgIpc) is 3.22. The number of nitrogens with zero attached hydrogens (tertiary/aromatic N) is 1. The highest BCUT2D eigenvalue weighted by Crippen LogP contribution is 2.14.